The third kappa shape index (κ3) is 4.18. The monoisotopic (exact) mass is 455 g/mol. The molecule has 0 saturated carbocycles. The average molecular weight is 456 g/mol. The number of sulfonamides is 1. The summed E-state index contributed by atoms with van der Waals surface area (Å²) < 4.78 is 33.0. The number of pyridine rings is 1. The van der Waals surface area contributed by atoms with Gasteiger partial charge in [-0.1, -0.05) is 11.6 Å². The van der Waals surface area contributed by atoms with E-state index in [1.165, 1.54) is 12.1 Å². The number of fused-ring (bicyclic) bond motifs is 2. The third-order valence-corrected chi connectivity index (χ3v) is 6.14. The molecular weight excluding hydrogens is 438 g/mol. The van der Waals surface area contributed by atoms with E-state index in [2.05, 4.69) is 9.71 Å². The molecule has 10 heteroatoms. The SMILES string of the molecule is COc1ccc2nc3cc(Cl)ccc3c(Nc3ccc(S(=O)(=O)N=C(N)N)cc3)c2c1. The molecule has 4 aromatic rings. The fourth-order valence-corrected chi connectivity index (χ4v) is 4.23. The highest BCUT2D eigenvalue weighted by molar-refractivity contribution is 7.90. The van der Waals surface area contributed by atoms with Crippen molar-refractivity contribution in [2.75, 3.05) is 12.4 Å². The van der Waals surface area contributed by atoms with Crippen molar-refractivity contribution in [2.24, 2.45) is 15.9 Å². The van der Waals surface area contributed by atoms with Crippen molar-refractivity contribution in [1.82, 2.24) is 4.98 Å². The van der Waals surface area contributed by atoms with Crippen LogP contribution in [0, 0.1) is 0 Å². The zero-order valence-electron chi connectivity index (χ0n) is 16.3. The van der Waals surface area contributed by atoms with Crippen LogP contribution in [-0.4, -0.2) is 26.5 Å². The number of hydrogen-bond donors (Lipinski definition) is 3. The highest BCUT2D eigenvalue weighted by Crippen LogP contribution is 2.36. The predicted molar refractivity (Wildman–Crippen MR) is 124 cm³/mol. The number of nitrogens with one attached hydrogen (secondary N) is 1. The molecule has 0 spiro atoms. The lowest BCUT2D eigenvalue weighted by Gasteiger charge is -2.14. The molecule has 158 valence electrons. The number of aromatic nitrogens is 1. The van der Waals surface area contributed by atoms with Crippen LogP contribution in [0.4, 0.5) is 11.4 Å². The normalized spacial score (nSPS) is 11.4. The summed E-state index contributed by atoms with van der Waals surface area (Å²) in [5.41, 5.74) is 13.3. The van der Waals surface area contributed by atoms with Gasteiger partial charge < -0.3 is 21.5 Å². The molecule has 1 heterocycles. The summed E-state index contributed by atoms with van der Waals surface area (Å²) in [6.45, 7) is 0. The van der Waals surface area contributed by atoms with Crippen molar-refractivity contribution in [3.8, 4) is 5.75 Å². The fraction of sp³-hybridized carbons (Fsp3) is 0.0476. The van der Waals surface area contributed by atoms with Crippen LogP contribution in [0.3, 0.4) is 0 Å². The van der Waals surface area contributed by atoms with Gasteiger partial charge in [0, 0.05) is 21.5 Å². The number of halogens is 1. The van der Waals surface area contributed by atoms with Crippen molar-refractivity contribution in [3.05, 3.63) is 65.7 Å². The molecule has 0 unspecified atom stereocenters. The molecule has 0 amide bonds. The van der Waals surface area contributed by atoms with Gasteiger partial charge in [-0.05, 0) is 60.7 Å². The number of rotatable bonds is 5. The number of anilines is 2. The van der Waals surface area contributed by atoms with Crippen molar-refractivity contribution in [2.45, 2.75) is 4.90 Å². The first-order chi connectivity index (χ1) is 14.8. The minimum Gasteiger partial charge on any atom is -0.497 e. The van der Waals surface area contributed by atoms with Gasteiger partial charge in [-0.25, -0.2) is 4.98 Å². The zero-order valence-corrected chi connectivity index (χ0v) is 17.9. The Hall–Kier alpha value is -3.56. The fourth-order valence-electron chi connectivity index (χ4n) is 3.20. The summed E-state index contributed by atoms with van der Waals surface area (Å²) >= 11 is 6.16. The Kier molecular flexibility index (Phi) is 5.30. The van der Waals surface area contributed by atoms with E-state index in [1.54, 1.807) is 31.4 Å². The molecule has 5 N–H and O–H groups in total. The lowest BCUT2D eigenvalue weighted by atomic mass is 10.1. The van der Waals surface area contributed by atoms with Gasteiger partial charge in [-0.15, -0.1) is 4.40 Å². The molecule has 0 atom stereocenters. The lowest BCUT2D eigenvalue weighted by Crippen LogP contribution is -2.24. The Balaban J connectivity index is 1.84. The molecular formula is C21H18ClN5O3S. The van der Waals surface area contributed by atoms with E-state index in [0.717, 1.165) is 27.5 Å². The number of nitrogens with two attached hydrogens (primary N) is 2. The predicted octanol–water partition coefficient (Wildman–Crippen LogP) is 3.76. The number of hydrogen-bond acceptors (Lipinski definition) is 5. The molecule has 0 aliphatic rings. The Labute approximate surface area is 183 Å². The second kappa shape index (κ2) is 7.93. The molecule has 0 bridgehead atoms. The number of benzene rings is 3. The Bertz CT molecular complexity index is 1430. The first-order valence-corrected chi connectivity index (χ1v) is 10.9. The standard InChI is InChI=1S/C21H18ClN5O3S/c1-30-14-5-9-18-17(11-14)20(16-8-2-12(22)10-19(16)26-18)25-13-3-6-15(7-4-13)31(28,29)27-21(23)24/h2-11H,1H3,(H,25,26)(H4,23,24,27). The first-order valence-electron chi connectivity index (χ1n) is 9.07. The third-order valence-electron chi connectivity index (χ3n) is 4.59. The van der Waals surface area contributed by atoms with E-state index in [-0.39, 0.29) is 4.90 Å². The van der Waals surface area contributed by atoms with E-state index in [9.17, 15) is 8.42 Å². The van der Waals surface area contributed by atoms with Gasteiger partial charge in [0.2, 0.25) is 5.96 Å². The van der Waals surface area contributed by atoms with Crippen LogP contribution in [0.15, 0.2) is 70.0 Å². The maximum atomic E-state index is 12.2. The lowest BCUT2D eigenvalue weighted by molar-refractivity contribution is 0.415. The van der Waals surface area contributed by atoms with Crippen molar-refractivity contribution in [1.29, 1.82) is 0 Å². The van der Waals surface area contributed by atoms with E-state index in [1.807, 2.05) is 24.3 Å². The van der Waals surface area contributed by atoms with Gasteiger partial charge in [-0.2, -0.15) is 8.42 Å². The molecule has 0 aliphatic carbocycles. The summed E-state index contributed by atoms with van der Waals surface area (Å²) in [6.07, 6.45) is 0. The van der Waals surface area contributed by atoms with E-state index in [0.29, 0.717) is 16.5 Å². The van der Waals surface area contributed by atoms with Crippen LogP contribution in [0.1, 0.15) is 0 Å². The van der Waals surface area contributed by atoms with Gasteiger partial charge >= 0.3 is 0 Å². The maximum Gasteiger partial charge on any atom is 0.285 e. The maximum absolute atomic E-state index is 12.2. The minimum absolute atomic E-state index is 0.0238. The van der Waals surface area contributed by atoms with Crippen LogP contribution < -0.4 is 21.5 Å². The van der Waals surface area contributed by atoms with Gasteiger partial charge in [0.15, 0.2) is 0 Å². The molecule has 4 rings (SSSR count). The van der Waals surface area contributed by atoms with Crippen LogP contribution in [0.5, 0.6) is 5.75 Å². The molecule has 3 aromatic carbocycles. The van der Waals surface area contributed by atoms with Crippen molar-refractivity contribution in [3.63, 3.8) is 0 Å². The smallest absolute Gasteiger partial charge is 0.285 e. The molecule has 0 saturated heterocycles. The molecule has 0 aliphatic heterocycles. The van der Waals surface area contributed by atoms with Gasteiger partial charge in [0.1, 0.15) is 5.75 Å². The largest absolute Gasteiger partial charge is 0.497 e. The molecule has 0 radical (unpaired) electrons. The second-order valence-corrected chi connectivity index (χ2v) is 8.71. The second-order valence-electron chi connectivity index (χ2n) is 6.67. The Morgan fingerprint density at radius 2 is 1.74 bits per heavy atom. The minimum atomic E-state index is -3.96. The molecule has 0 fully saturated rings. The quantitative estimate of drug-likeness (QED) is 0.237. The highest BCUT2D eigenvalue weighted by Gasteiger charge is 2.14. The first kappa shape index (κ1) is 20.7. The molecule has 8 nitrogen and oxygen atoms in total. The topological polar surface area (TPSA) is 133 Å². The Morgan fingerprint density at radius 3 is 2.42 bits per heavy atom. The van der Waals surface area contributed by atoms with Crippen LogP contribution >= 0.6 is 11.6 Å². The summed E-state index contributed by atoms with van der Waals surface area (Å²) in [6, 6.07) is 17.1. The van der Waals surface area contributed by atoms with Crippen LogP contribution in [0.25, 0.3) is 21.8 Å². The summed E-state index contributed by atoms with van der Waals surface area (Å²) in [5.74, 6) is 0.161. The highest BCUT2D eigenvalue weighted by atomic mass is 35.5. The summed E-state index contributed by atoms with van der Waals surface area (Å²) in [5, 5.41) is 5.63. The van der Waals surface area contributed by atoms with E-state index >= 15 is 0 Å². The number of guanidine groups is 1. The number of methoxy groups -OCH3 is 1. The average Bonchev–Trinajstić information content (AvgIpc) is 2.72. The van der Waals surface area contributed by atoms with Crippen molar-refractivity contribution < 1.29 is 13.2 Å². The van der Waals surface area contributed by atoms with Crippen molar-refractivity contribution >= 4 is 60.8 Å². The Morgan fingerprint density at radius 1 is 1.00 bits per heavy atom. The zero-order chi connectivity index (χ0) is 22.2. The van der Waals surface area contributed by atoms with Gasteiger partial charge in [-0.3, -0.25) is 0 Å². The van der Waals surface area contributed by atoms with Crippen LogP contribution in [0.2, 0.25) is 5.02 Å². The van der Waals surface area contributed by atoms with E-state index in [4.69, 9.17) is 32.8 Å². The van der Waals surface area contributed by atoms with Gasteiger partial charge in [0.05, 0.1) is 28.7 Å². The van der Waals surface area contributed by atoms with Crippen LogP contribution in [-0.2, 0) is 10.0 Å². The molecule has 1 aromatic heterocycles. The van der Waals surface area contributed by atoms with Gasteiger partial charge in [0.25, 0.3) is 10.0 Å². The number of nitrogens with zero attached hydrogens (tertiary/aromatic N) is 2. The molecule has 31 heavy (non-hydrogen) atoms. The van der Waals surface area contributed by atoms with E-state index < -0.39 is 16.0 Å². The summed E-state index contributed by atoms with van der Waals surface area (Å²) in [4.78, 5) is 4.67. The summed E-state index contributed by atoms with van der Waals surface area (Å²) in [7, 11) is -2.37. The number of ether oxygens (including phenoxy) is 1.